The van der Waals surface area contributed by atoms with Crippen molar-refractivity contribution in [2.24, 2.45) is 5.92 Å². The zero-order valence-electron chi connectivity index (χ0n) is 10.7. The maximum absolute atomic E-state index is 12.3. The molecule has 0 amide bonds. The molecule has 0 aromatic heterocycles. The average Bonchev–Trinajstić information content (AvgIpc) is 2.39. The normalized spacial score (nSPS) is 18.5. The molecule has 1 aliphatic heterocycles. The Labute approximate surface area is 104 Å². The fourth-order valence-corrected chi connectivity index (χ4v) is 2.52. The molecule has 0 spiro atoms. The van der Waals surface area contributed by atoms with E-state index in [1.54, 1.807) is 0 Å². The molecule has 1 saturated heterocycles. The van der Waals surface area contributed by atoms with Gasteiger partial charge in [-0.1, -0.05) is 30.3 Å². The molecular formula is C15H21NO. The van der Waals surface area contributed by atoms with Crippen LogP contribution >= 0.6 is 0 Å². The van der Waals surface area contributed by atoms with Crippen LogP contribution in [0.3, 0.4) is 0 Å². The van der Waals surface area contributed by atoms with Gasteiger partial charge in [0.1, 0.15) is 0 Å². The van der Waals surface area contributed by atoms with Crippen molar-refractivity contribution in [3.05, 3.63) is 35.9 Å². The molecule has 1 heterocycles. The molecule has 1 aliphatic rings. The maximum Gasteiger partial charge on any atom is 0.166 e. The van der Waals surface area contributed by atoms with Gasteiger partial charge in [-0.15, -0.1) is 0 Å². The summed E-state index contributed by atoms with van der Waals surface area (Å²) in [5.74, 6) is 0.557. The van der Waals surface area contributed by atoms with E-state index < -0.39 is 0 Å². The molecule has 0 radical (unpaired) electrons. The van der Waals surface area contributed by atoms with Gasteiger partial charge < -0.3 is 4.90 Å². The van der Waals surface area contributed by atoms with Gasteiger partial charge in [-0.25, -0.2) is 0 Å². The van der Waals surface area contributed by atoms with Crippen LogP contribution in [0, 0.1) is 5.92 Å². The van der Waals surface area contributed by atoms with Gasteiger partial charge in [0.05, 0.1) is 0 Å². The Kier molecular flexibility index (Phi) is 3.95. The zero-order valence-corrected chi connectivity index (χ0v) is 10.7. The lowest BCUT2D eigenvalue weighted by Crippen LogP contribution is -2.40. The van der Waals surface area contributed by atoms with E-state index in [0.717, 1.165) is 31.5 Å². The van der Waals surface area contributed by atoms with Crippen LogP contribution in [-0.2, 0) is 0 Å². The summed E-state index contributed by atoms with van der Waals surface area (Å²) in [7, 11) is 0. The van der Waals surface area contributed by atoms with Gasteiger partial charge >= 0.3 is 0 Å². The number of carbonyl (C=O) groups is 1. The van der Waals surface area contributed by atoms with Crippen LogP contribution in [0.1, 0.15) is 37.0 Å². The third-order valence-electron chi connectivity index (χ3n) is 3.69. The highest BCUT2D eigenvalue weighted by Crippen LogP contribution is 2.22. The zero-order chi connectivity index (χ0) is 12.3. The first-order valence-corrected chi connectivity index (χ1v) is 6.52. The molecule has 0 atom stereocenters. The quantitative estimate of drug-likeness (QED) is 0.745. The smallest absolute Gasteiger partial charge is 0.166 e. The van der Waals surface area contributed by atoms with Crippen molar-refractivity contribution in [1.29, 1.82) is 0 Å². The Morgan fingerprint density at radius 2 is 1.76 bits per heavy atom. The molecule has 0 N–H and O–H groups in total. The Morgan fingerprint density at radius 3 is 2.29 bits per heavy atom. The largest absolute Gasteiger partial charge is 0.301 e. The van der Waals surface area contributed by atoms with Crippen LogP contribution in [0.2, 0.25) is 0 Å². The first kappa shape index (κ1) is 12.3. The number of carbonyl (C=O) groups excluding carboxylic acids is 1. The first-order valence-electron chi connectivity index (χ1n) is 6.52. The van der Waals surface area contributed by atoms with Gasteiger partial charge in [0, 0.05) is 17.5 Å². The standard InChI is InChI=1S/C15H21NO/c1-12(2)16-10-8-14(9-11-16)15(17)13-6-4-3-5-7-13/h3-7,12,14H,8-11H2,1-2H3. The number of nitrogens with zero attached hydrogens (tertiary/aromatic N) is 1. The average molecular weight is 231 g/mol. The number of ketones is 1. The van der Waals surface area contributed by atoms with Crippen LogP contribution in [0.15, 0.2) is 30.3 Å². The second-order valence-corrected chi connectivity index (χ2v) is 5.13. The second-order valence-electron chi connectivity index (χ2n) is 5.13. The Bertz CT molecular complexity index is 364. The number of piperidine rings is 1. The molecular weight excluding hydrogens is 210 g/mol. The first-order chi connectivity index (χ1) is 8.18. The van der Waals surface area contributed by atoms with E-state index in [0.29, 0.717) is 11.8 Å². The highest BCUT2D eigenvalue weighted by atomic mass is 16.1. The predicted molar refractivity (Wildman–Crippen MR) is 70.2 cm³/mol. The predicted octanol–water partition coefficient (Wildman–Crippen LogP) is 2.99. The highest BCUT2D eigenvalue weighted by Gasteiger charge is 2.26. The van der Waals surface area contributed by atoms with E-state index >= 15 is 0 Å². The lowest BCUT2D eigenvalue weighted by molar-refractivity contribution is 0.0811. The van der Waals surface area contributed by atoms with Crippen LogP contribution in [0.4, 0.5) is 0 Å². The van der Waals surface area contributed by atoms with E-state index in [4.69, 9.17) is 0 Å². The van der Waals surface area contributed by atoms with Gasteiger partial charge in [0.15, 0.2) is 5.78 Å². The third kappa shape index (κ3) is 2.95. The lowest BCUT2D eigenvalue weighted by atomic mass is 9.88. The summed E-state index contributed by atoms with van der Waals surface area (Å²) in [6.45, 7) is 6.56. The highest BCUT2D eigenvalue weighted by molar-refractivity contribution is 5.97. The minimum absolute atomic E-state index is 0.229. The van der Waals surface area contributed by atoms with Gasteiger partial charge in [-0.3, -0.25) is 4.79 Å². The van der Waals surface area contributed by atoms with Crippen LogP contribution in [-0.4, -0.2) is 29.8 Å². The molecule has 0 bridgehead atoms. The van der Waals surface area contributed by atoms with Crippen molar-refractivity contribution in [3.63, 3.8) is 0 Å². The van der Waals surface area contributed by atoms with Crippen LogP contribution < -0.4 is 0 Å². The summed E-state index contributed by atoms with van der Waals surface area (Å²) in [5, 5.41) is 0. The number of likely N-dealkylation sites (tertiary alicyclic amines) is 1. The number of Topliss-reactive ketones (excluding diaryl/α,β-unsaturated/α-hetero) is 1. The van der Waals surface area contributed by atoms with Crippen molar-refractivity contribution >= 4 is 5.78 Å². The summed E-state index contributed by atoms with van der Waals surface area (Å²) >= 11 is 0. The summed E-state index contributed by atoms with van der Waals surface area (Å²) in [6, 6.07) is 10.3. The van der Waals surface area contributed by atoms with E-state index in [1.807, 2.05) is 30.3 Å². The molecule has 92 valence electrons. The second kappa shape index (κ2) is 5.46. The van der Waals surface area contributed by atoms with Crippen LogP contribution in [0.5, 0.6) is 0 Å². The fraction of sp³-hybridized carbons (Fsp3) is 0.533. The molecule has 2 heteroatoms. The summed E-state index contributed by atoms with van der Waals surface area (Å²) < 4.78 is 0. The summed E-state index contributed by atoms with van der Waals surface area (Å²) in [6.07, 6.45) is 2.01. The van der Waals surface area contributed by atoms with E-state index in [2.05, 4.69) is 18.7 Å². The lowest BCUT2D eigenvalue weighted by Gasteiger charge is -2.34. The fourth-order valence-electron chi connectivity index (χ4n) is 2.52. The Balaban J connectivity index is 1.95. The maximum atomic E-state index is 12.3. The van der Waals surface area contributed by atoms with E-state index in [9.17, 15) is 4.79 Å². The van der Waals surface area contributed by atoms with Crippen molar-refractivity contribution in [2.75, 3.05) is 13.1 Å². The van der Waals surface area contributed by atoms with E-state index in [1.165, 1.54) is 0 Å². The van der Waals surface area contributed by atoms with E-state index in [-0.39, 0.29) is 5.92 Å². The van der Waals surface area contributed by atoms with Gasteiger partial charge in [-0.2, -0.15) is 0 Å². The SMILES string of the molecule is CC(C)N1CCC(C(=O)c2ccccc2)CC1. The van der Waals surface area contributed by atoms with Crippen molar-refractivity contribution < 1.29 is 4.79 Å². The number of hydrogen-bond acceptors (Lipinski definition) is 2. The van der Waals surface area contributed by atoms with Gasteiger partial charge in [0.2, 0.25) is 0 Å². The number of hydrogen-bond donors (Lipinski definition) is 0. The topological polar surface area (TPSA) is 20.3 Å². The molecule has 17 heavy (non-hydrogen) atoms. The van der Waals surface area contributed by atoms with Crippen molar-refractivity contribution in [1.82, 2.24) is 4.90 Å². The Morgan fingerprint density at radius 1 is 1.18 bits per heavy atom. The minimum atomic E-state index is 0.229. The summed E-state index contributed by atoms with van der Waals surface area (Å²) in [4.78, 5) is 14.7. The summed E-state index contributed by atoms with van der Waals surface area (Å²) in [5.41, 5.74) is 0.871. The molecule has 0 aliphatic carbocycles. The molecule has 1 fully saturated rings. The van der Waals surface area contributed by atoms with Crippen LogP contribution in [0.25, 0.3) is 0 Å². The third-order valence-corrected chi connectivity index (χ3v) is 3.69. The molecule has 0 unspecified atom stereocenters. The molecule has 0 saturated carbocycles. The monoisotopic (exact) mass is 231 g/mol. The number of benzene rings is 1. The Hall–Kier alpha value is -1.15. The minimum Gasteiger partial charge on any atom is -0.301 e. The van der Waals surface area contributed by atoms with Gasteiger partial charge in [-0.05, 0) is 39.8 Å². The van der Waals surface area contributed by atoms with Crippen molar-refractivity contribution in [3.8, 4) is 0 Å². The molecule has 1 aromatic carbocycles. The number of rotatable bonds is 3. The van der Waals surface area contributed by atoms with Crippen molar-refractivity contribution in [2.45, 2.75) is 32.7 Å². The molecule has 2 rings (SSSR count). The molecule has 2 nitrogen and oxygen atoms in total. The van der Waals surface area contributed by atoms with Gasteiger partial charge in [0.25, 0.3) is 0 Å². The molecule has 1 aromatic rings.